The number of sulfonamides is 1. The highest BCUT2D eigenvalue weighted by atomic mass is 32.2. The minimum absolute atomic E-state index is 0.0788. The van der Waals surface area contributed by atoms with E-state index in [4.69, 9.17) is 4.74 Å². The molecule has 8 nitrogen and oxygen atoms in total. The predicted octanol–water partition coefficient (Wildman–Crippen LogP) is 2.94. The summed E-state index contributed by atoms with van der Waals surface area (Å²) < 4.78 is 33.4. The summed E-state index contributed by atoms with van der Waals surface area (Å²) in [6.45, 7) is 3.09. The lowest BCUT2D eigenvalue weighted by molar-refractivity contribution is 0.102. The van der Waals surface area contributed by atoms with Crippen LogP contribution in [0.5, 0.6) is 5.75 Å². The number of ether oxygens (including phenoxy) is 1. The monoisotopic (exact) mass is 442 g/mol. The average Bonchev–Trinajstić information content (AvgIpc) is 3.15. The number of thioether (sulfide) groups is 1. The smallest absolute Gasteiger partial charge is 0.261 e. The molecule has 2 aromatic rings. The zero-order valence-electron chi connectivity index (χ0n) is 15.8. The Morgan fingerprint density at radius 2 is 2.04 bits per heavy atom. The van der Waals surface area contributed by atoms with E-state index in [0.717, 1.165) is 17.2 Å². The summed E-state index contributed by atoms with van der Waals surface area (Å²) in [4.78, 5) is 12.8. The Morgan fingerprint density at radius 3 is 2.64 bits per heavy atom. The molecule has 1 aliphatic heterocycles. The first-order chi connectivity index (χ1) is 13.3. The Bertz CT molecular complexity index is 953. The van der Waals surface area contributed by atoms with Crippen LogP contribution in [-0.4, -0.2) is 55.3 Å². The maximum absolute atomic E-state index is 13.0. The van der Waals surface area contributed by atoms with Crippen molar-refractivity contribution in [3.05, 3.63) is 23.8 Å². The number of nitrogens with one attached hydrogen (secondary N) is 1. The number of hydrogen-bond acceptors (Lipinski definition) is 8. The molecule has 1 N–H and O–H groups in total. The lowest BCUT2D eigenvalue weighted by Gasteiger charge is -2.29. The van der Waals surface area contributed by atoms with Crippen molar-refractivity contribution in [2.45, 2.75) is 29.0 Å². The van der Waals surface area contributed by atoms with Crippen LogP contribution in [0.1, 0.15) is 30.1 Å². The molecular formula is C17H22N4O4S3. The molecule has 11 heteroatoms. The molecule has 152 valence electrons. The van der Waals surface area contributed by atoms with E-state index < -0.39 is 15.9 Å². The van der Waals surface area contributed by atoms with Crippen LogP contribution in [-0.2, 0) is 10.0 Å². The highest BCUT2D eigenvalue weighted by molar-refractivity contribution is 8.00. The minimum atomic E-state index is -3.67. The Labute approximate surface area is 172 Å². The molecule has 1 fully saturated rings. The van der Waals surface area contributed by atoms with Gasteiger partial charge in [-0.1, -0.05) is 30.0 Å². The molecule has 0 spiro atoms. The number of aromatic nitrogens is 2. The second-order valence-corrected chi connectivity index (χ2v) is 10.4. The van der Waals surface area contributed by atoms with Crippen LogP contribution in [0.15, 0.2) is 27.4 Å². The van der Waals surface area contributed by atoms with Crippen LogP contribution in [0.3, 0.4) is 0 Å². The zero-order chi connectivity index (χ0) is 20.3. The van der Waals surface area contributed by atoms with Crippen molar-refractivity contribution in [2.24, 2.45) is 5.92 Å². The maximum atomic E-state index is 13.0. The van der Waals surface area contributed by atoms with Crippen LogP contribution in [0.4, 0.5) is 5.13 Å². The van der Waals surface area contributed by atoms with E-state index in [-0.39, 0.29) is 10.5 Å². The summed E-state index contributed by atoms with van der Waals surface area (Å²) in [5.41, 5.74) is 0.134. The van der Waals surface area contributed by atoms with Crippen LogP contribution in [0.25, 0.3) is 0 Å². The molecule has 0 unspecified atom stereocenters. The first kappa shape index (κ1) is 21.0. The first-order valence-corrected chi connectivity index (χ1v) is 12.2. The van der Waals surface area contributed by atoms with Gasteiger partial charge >= 0.3 is 0 Å². The number of rotatable bonds is 6. The molecule has 0 aliphatic carbocycles. The second-order valence-electron chi connectivity index (χ2n) is 6.48. The fraction of sp³-hybridized carbons (Fsp3) is 0.471. The molecular weight excluding hydrogens is 420 g/mol. The molecule has 0 radical (unpaired) electrons. The number of benzene rings is 1. The number of carbonyl (C=O) groups excluding carboxylic acids is 1. The van der Waals surface area contributed by atoms with Gasteiger partial charge in [0.2, 0.25) is 15.2 Å². The van der Waals surface area contributed by atoms with Crippen molar-refractivity contribution in [2.75, 3.05) is 31.8 Å². The van der Waals surface area contributed by atoms with E-state index in [1.807, 2.05) is 6.26 Å². The van der Waals surface area contributed by atoms with E-state index in [2.05, 4.69) is 22.4 Å². The summed E-state index contributed by atoms with van der Waals surface area (Å²) in [5, 5.41) is 10.8. The third-order valence-electron chi connectivity index (χ3n) is 4.60. The van der Waals surface area contributed by atoms with Crippen molar-refractivity contribution in [3.8, 4) is 5.75 Å². The summed E-state index contributed by atoms with van der Waals surface area (Å²) in [6, 6.07) is 4.33. The maximum Gasteiger partial charge on any atom is 0.261 e. The lowest BCUT2D eigenvalue weighted by Crippen LogP contribution is -2.37. The predicted molar refractivity (Wildman–Crippen MR) is 110 cm³/mol. The van der Waals surface area contributed by atoms with Crippen molar-refractivity contribution in [3.63, 3.8) is 0 Å². The van der Waals surface area contributed by atoms with E-state index in [9.17, 15) is 13.2 Å². The number of methoxy groups -OCH3 is 1. The van der Waals surface area contributed by atoms with Crippen molar-refractivity contribution >= 4 is 44.2 Å². The van der Waals surface area contributed by atoms with Gasteiger partial charge in [-0.15, -0.1) is 10.2 Å². The lowest BCUT2D eigenvalue weighted by atomic mass is 10.0. The fourth-order valence-corrected chi connectivity index (χ4v) is 5.57. The number of amides is 1. The highest BCUT2D eigenvalue weighted by Gasteiger charge is 2.29. The van der Waals surface area contributed by atoms with Gasteiger partial charge in [0.15, 0.2) is 4.34 Å². The van der Waals surface area contributed by atoms with Crippen LogP contribution >= 0.6 is 23.1 Å². The SMILES string of the molecule is COc1ccc(S(=O)(=O)N2CCC(C)CC2)cc1C(=O)Nc1nnc(SC)s1. The van der Waals surface area contributed by atoms with Crippen molar-refractivity contribution < 1.29 is 17.9 Å². The average molecular weight is 443 g/mol. The van der Waals surface area contributed by atoms with Gasteiger partial charge in [-0.3, -0.25) is 10.1 Å². The van der Waals surface area contributed by atoms with Gasteiger partial charge in [0.05, 0.1) is 17.6 Å². The molecule has 0 atom stereocenters. The molecule has 1 aromatic carbocycles. The van der Waals surface area contributed by atoms with Crippen LogP contribution < -0.4 is 10.1 Å². The Morgan fingerprint density at radius 1 is 1.32 bits per heavy atom. The van der Waals surface area contributed by atoms with Gasteiger partial charge in [0.1, 0.15) is 5.75 Å². The molecule has 28 heavy (non-hydrogen) atoms. The summed E-state index contributed by atoms with van der Waals surface area (Å²) >= 11 is 2.67. The summed E-state index contributed by atoms with van der Waals surface area (Å²) in [7, 11) is -2.24. The van der Waals surface area contributed by atoms with Crippen LogP contribution in [0.2, 0.25) is 0 Å². The third-order valence-corrected chi connectivity index (χ3v) is 8.31. The van der Waals surface area contributed by atoms with Gasteiger partial charge in [-0.25, -0.2) is 8.42 Å². The zero-order valence-corrected chi connectivity index (χ0v) is 18.3. The third kappa shape index (κ3) is 4.48. The Balaban J connectivity index is 1.88. The van der Waals surface area contributed by atoms with Crippen LogP contribution in [0, 0.1) is 5.92 Å². The molecule has 1 aromatic heterocycles. The fourth-order valence-electron chi connectivity index (χ4n) is 2.91. The van der Waals surface area contributed by atoms with E-state index in [0.29, 0.717) is 29.9 Å². The van der Waals surface area contributed by atoms with Crippen molar-refractivity contribution in [1.29, 1.82) is 0 Å². The number of nitrogens with zero attached hydrogens (tertiary/aromatic N) is 3. The molecule has 3 rings (SSSR count). The number of anilines is 1. The minimum Gasteiger partial charge on any atom is -0.496 e. The molecule has 1 saturated heterocycles. The van der Waals surface area contributed by atoms with Crippen molar-refractivity contribution in [1.82, 2.24) is 14.5 Å². The molecule has 0 bridgehead atoms. The number of piperidine rings is 1. The normalized spacial score (nSPS) is 16.1. The van der Waals surface area contributed by atoms with Gasteiger partial charge in [0.25, 0.3) is 5.91 Å². The number of hydrogen-bond donors (Lipinski definition) is 1. The van der Waals surface area contributed by atoms with Gasteiger partial charge in [-0.2, -0.15) is 4.31 Å². The topological polar surface area (TPSA) is 101 Å². The van der Waals surface area contributed by atoms with Gasteiger partial charge in [0, 0.05) is 13.1 Å². The quantitative estimate of drug-likeness (QED) is 0.542. The van der Waals surface area contributed by atoms with E-state index in [1.54, 1.807) is 0 Å². The Kier molecular flexibility index (Phi) is 6.58. The summed E-state index contributed by atoms with van der Waals surface area (Å²) in [5.74, 6) is 0.310. The standard InChI is InChI=1S/C17H22N4O4S3/c1-11-6-8-21(9-7-11)28(23,24)12-4-5-14(25-2)13(10-12)15(22)18-16-19-20-17(26-3)27-16/h4-5,10-11H,6-9H2,1-3H3,(H,18,19,22). The van der Waals surface area contributed by atoms with E-state index in [1.165, 1.54) is 52.7 Å². The first-order valence-electron chi connectivity index (χ1n) is 8.72. The number of carbonyl (C=O) groups is 1. The Hall–Kier alpha value is -1.69. The largest absolute Gasteiger partial charge is 0.496 e. The van der Waals surface area contributed by atoms with Gasteiger partial charge < -0.3 is 4.74 Å². The van der Waals surface area contributed by atoms with Gasteiger partial charge in [-0.05, 0) is 43.2 Å². The molecule has 0 saturated carbocycles. The second kappa shape index (κ2) is 8.76. The van der Waals surface area contributed by atoms with E-state index >= 15 is 0 Å². The summed E-state index contributed by atoms with van der Waals surface area (Å²) in [6.07, 6.45) is 3.53. The highest BCUT2D eigenvalue weighted by Crippen LogP contribution is 2.29. The molecule has 1 aliphatic rings. The molecule has 2 heterocycles. The molecule has 1 amide bonds.